The number of alkyl halides is 8. The van der Waals surface area contributed by atoms with Gasteiger partial charge in [0.2, 0.25) is 0 Å². The van der Waals surface area contributed by atoms with Crippen LogP contribution in [0.1, 0.15) is 0 Å². The van der Waals surface area contributed by atoms with Crippen LogP contribution in [0.15, 0.2) is 0 Å². The third-order valence-electron chi connectivity index (χ3n) is 0.899. The van der Waals surface area contributed by atoms with Gasteiger partial charge in [-0.3, -0.25) is 4.79 Å². The van der Waals surface area contributed by atoms with Crippen molar-refractivity contribution in [3.63, 3.8) is 0 Å². The summed E-state index contributed by atoms with van der Waals surface area (Å²) < 4.78 is -0.846. The standard InChI is InChI=1S/C4I8O/c5-2(6,4(10,11)12)1(13)3(7,8)9. The summed E-state index contributed by atoms with van der Waals surface area (Å²) in [5.41, 5.74) is 0. The lowest BCUT2D eigenvalue weighted by Crippen LogP contribution is -2.42. The van der Waals surface area contributed by atoms with E-state index in [0.717, 1.165) is 0 Å². The maximum absolute atomic E-state index is 12.1. The van der Waals surface area contributed by atoms with Crippen molar-refractivity contribution in [1.82, 2.24) is 0 Å². The lowest BCUT2D eigenvalue weighted by molar-refractivity contribution is -0.116. The molecule has 0 unspecified atom stereocenters. The minimum absolute atomic E-state index is 0.106. The van der Waals surface area contributed by atoms with E-state index in [1.807, 2.05) is 0 Å². The maximum Gasteiger partial charge on any atom is 0.197 e. The van der Waals surface area contributed by atoms with E-state index in [0.29, 0.717) is 0 Å². The zero-order chi connectivity index (χ0) is 11.1. The first-order chi connectivity index (χ1) is 5.40. The Morgan fingerprint density at radius 3 is 1.15 bits per heavy atom. The van der Waals surface area contributed by atoms with Crippen molar-refractivity contribution in [3.8, 4) is 0 Å². The molecule has 1 nitrogen and oxygen atoms in total. The van der Waals surface area contributed by atoms with Gasteiger partial charge >= 0.3 is 0 Å². The Morgan fingerprint density at radius 1 is 0.769 bits per heavy atom. The second-order valence-corrected chi connectivity index (χ2v) is 29.3. The molecule has 0 aromatic rings. The van der Waals surface area contributed by atoms with Crippen LogP contribution in [0.3, 0.4) is 0 Å². The van der Waals surface area contributed by atoms with Crippen LogP contribution in [0.2, 0.25) is 0 Å². The summed E-state index contributed by atoms with van der Waals surface area (Å²) >= 11 is 17.9. The van der Waals surface area contributed by atoms with Crippen molar-refractivity contribution in [2.75, 3.05) is 0 Å². The van der Waals surface area contributed by atoms with Gasteiger partial charge in [0.05, 0.1) is 0 Å². The van der Waals surface area contributed by atoms with Gasteiger partial charge in [0.25, 0.3) is 0 Å². The molecule has 0 aliphatic carbocycles. The van der Waals surface area contributed by atoms with Crippen molar-refractivity contribution in [2.24, 2.45) is 0 Å². The smallest absolute Gasteiger partial charge is 0.197 e. The van der Waals surface area contributed by atoms with Gasteiger partial charge in [-0.05, 0) is 67.8 Å². The van der Waals surface area contributed by atoms with Gasteiger partial charge < -0.3 is 0 Å². The predicted molar refractivity (Wildman–Crippen MR) is 125 cm³/mol. The zero-order valence-electron chi connectivity index (χ0n) is 5.43. The summed E-state index contributed by atoms with van der Waals surface area (Å²) in [6.45, 7) is 0. The van der Waals surface area contributed by atoms with Crippen molar-refractivity contribution in [2.45, 2.75) is 0.299 Å². The van der Waals surface area contributed by atoms with E-state index in [1.54, 1.807) is 0 Å². The monoisotopic (exact) mass is 1080 g/mol. The highest BCUT2D eigenvalue weighted by Crippen LogP contribution is 2.58. The van der Waals surface area contributed by atoms with Crippen LogP contribution in [0, 0.1) is 0 Å². The van der Waals surface area contributed by atoms with E-state index < -0.39 is 0 Å². The second-order valence-electron chi connectivity index (χ2n) is 1.90. The Bertz CT molecular complexity index is 209. The number of carbonyl (C=O) groups excluding carboxylic acids is 1. The highest BCUT2D eigenvalue weighted by molar-refractivity contribution is 14.3. The molecule has 0 fully saturated rings. The van der Waals surface area contributed by atoms with Gasteiger partial charge in [-0.15, -0.1) is 0 Å². The van der Waals surface area contributed by atoms with Crippen LogP contribution in [0.5, 0.6) is 0 Å². The summed E-state index contributed by atoms with van der Waals surface area (Å²) in [6.07, 6.45) is 0. The second kappa shape index (κ2) is 6.79. The molecule has 0 spiro atoms. The fraction of sp³-hybridized carbons (Fsp3) is 0.750. The fourth-order valence-electron chi connectivity index (χ4n) is 0.307. The van der Waals surface area contributed by atoms with Crippen LogP contribution < -0.4 is 0 Å². The molecule has 0 aliphatic heterocycles. The lowest BCUT2D eigenvalue weighted by Gasteiger charge is -2.31. The molecule has 0 N–H and O–H groups in total. The molecule has 9 heteroatoms. The van der Waals surface area contributed by atoms with Gasteiger partial charge in [-0.2, -0.15) is 0 Å². The first-order valence-electron chi connectivity index (χ1n) is 2.47. The number of ketones is 1. The third-order valence-corrected chi connectivity index (χ3v) is 13.6. The normalized spacial score (nSPS) is 14.5. The topological polar surface area (TPSA) is 17.1 Å². The van der Waals surface area contributed by atoms with Gasteiger partial charge in [0, 0.05) is 0 Å². The van der Waals surface area contributed by atoms with E-state index in [2.05, 4.69) is 181 Å². The van der Waals surface area contributed by atoms with Crippen LogP contribution in [-0.2, 0) is 4.79 Å². The lowest BCUT2D eigenvalue weighted by atomic mass is 10.3. The quantitative estimate of drug-likeness (QED) is 0.249. The molecule has 78 valence electrons. The molecule has 0 rings (SSSR count). The molecule has 0 saturated carbocycles. The Morgan fingerprint density at radius 2 is 1.08 bits per heavy atom. The highest BCUT2D eigenvalue weighted by atomic mass is 127. The van der Waals surface area contributed by atoms with E-state index in [-0.39, 0.29) is 6.08 Å². The molecular weight excluding hydrogens is 1080 g/mol. The molecule has 0 aromatic carbocycles. The number of rotatable bonds is 3. The van der Waals surface area contributed by atoms with Crippen LogP contribution in [-0.4, -0.2) is 6.08 Å². The van der Waals surface area contributed by atoms with Crippen LogP contribution in [0.25, 0.3) is 0 Å². The van der Waals surface area contributed by atoms with Gasteiger partial charge in [-0.25, -0.2) is 0 Å². The molecule has 0 amide bonds. The molecule has 0 atom stereocenters. The van der Waals surface area contributed by atoms with E-state index >= 15 is 0 Å². The van der Waals surface area contributed by atoms with Crippen molar-refractivity contribution in [1.29, 1.82) is 0 Å². The van der Waals surface area contributed by atoms with E-state index in [4.69, 9.17) is 0 Å². The van der Waals surface area contributed by atoms with Crippen molar-refractivity contribution in [3.05, 3.63) is 0 Å². The summed E-state index contributed by atoms with van der Waals surface area (Å²) in [7, 11) is 0. The average Bonchev–Trinajstić information content (AvgIpc) is 1.81. The maximum atomic E-state index is 12.1. The molecule has 0 radical (unpaired) electrons. The number of halogens is 8. The van der Waals surface area contributed by atoms with Crippen LogP contribution >= 0.6 is 181 Å². The first kappa shape index (κ1) is 18.5. The zero-order valence-corrected chi connectivity index (χ0v) is 22.7. The SMILES string of the molecule is O=C(C(I)(I)I)C(I)(I)C(I)(I)I. The number of Topliss-reactive ketones (excluding diaryl/α,β-unsaturated/α-hetero) is 1. The number of carbonyl (C=O) groups is 1. The summed E-state index contributed by atoms with van der Waals surface area (Å²) in [5.74, 6) is 0.251. The molecule has 0 heterocycles. The minimum atomic E-state index is -0.381. The van der Waals surface area contributed by atoms with E-state index in [1.165, 1.54) is 0 Å². The Balaban J connectivity index is 4.98. The van der Waals surface area contributed by atoms with Crippen molar-refractivity contribution < 1.29 is 4.79 Å². The first-order valence-corrected chi connectivity index (χ1v) is 11.1. The summed E-state index contributed by atoms with van der Waals surface area (Å²) in [5, 5.41) is 0. The number of hydrogen-bond acceptors (Lipinski definition) is 1. The molecule has 0 aliphatic rings. The molecular formula is C4I8O. The highest BCUT2D eigenvalue weighted by Gasteiger charge is 2.54. The van der Waals surface area contributed by atoms with Crippen molar-refractivity contribution >= 4 is 187 Å². The predicted octanol–water partition coefficient (Wildman–Crippen LogP) is 6.04. The fourth-order valence-corrected chi connectivity index (χ4v) is 6.16. The minimum Gasteiger partial charge on any atom is -0.294 e. The largest absolute Gasteiger partial charge is 0.294 e. The van der Waals surface area contributed by atoms with E-state index in [9.17, 15) is 4.79 Å². The van der Waals surface area contributed by atoms with Gasteiger partial charge in [-0.1, -0.05) is 113 Å². The Kier molecular flexibility index (Phi) is 9.67. The van der Waals surface area contributed by atoms with Gasteiger partial charge in [0.15, 0.2) is 6.08 Å². The molecule has 0 aromatic heterocycles. The Labute approximate surface area is 186 Å². The average molecular weight is 1080 g/mol. The third kappa shape index (κ3) is 5.99. The summed E-state index contributed by atoms with van der Waals surface area (Å²) in [4.78, 5) is 12.1. The summed E-state index contributed by atoms with van der Waals surface area (Å²) in [6, 6.07) is 0. The molecule has 13 heavy (non-hydrogen) atoms. The van der Waals surface area contributed by atoms with Crippen LogP contribution in [0.4, 0.5) is 0 Å². The Hall–Kier alpha value is 5.51. The molecule has 0 bridgehead atoms. The molecule has 0 saturated heterocycles. The van der Waals surface area contributed by atoms with Gasteiger partial charge in [0.1, 0.15) is 0 Å². The number of hydrogen-bond donors (Lipinski definition) is 0.